The van der Waals surface area contributed by atoms with E-state index in [9.17, 15) is 0 Å². The molecule has 0 aliphatic rings. The normalized spacial score (nSPS) is 13.6. The number of hydrogen-bond acceptors (Lipinski definition) is 4. The van der Waals surface area contributed by atoms with Gasteiger partial charge in [0.2, 0.25) is 0 Å². The molecule has 0 amide bonds. The number of alkyl halides is 1. The van der Waals surface area contributed by atoms with Crippen LogP contribution in [-0.4, -0.2) is 45.1 Å². The number of hydrogen-bond donors (Lipinski definition) is 0. The molecule has 3 nitrogen and oxygen atoms in total. The van der Waals surface area contributed by atoms with Gasteiger partial charge in [-0.05, 0) is 45.8 Å². The van der Waals surface area contributed by atoms with Crippen LogP contribution in [0.5, 0.6) is 0 Å². The average Bonchev–Trinajstić information content (AvgIpc) is 2.47. The third-order valence-electron chi connectivity index (χ3n) is 3.15. The lowest BCUT2D eigenvalue weighted by Gasteiger charge is -2.34. The van der Waals surface area contributed by atoms with E-state index in [0.717, 1.165) is 24.5 Å². The van der Waals surface area contributed by atoms with Crippen molar-refractivity contribution < 1.29 is 13.3 Å². The highest BCUT2D eigenvalue weighted by Crippen LogP contribution is 2.29. The van der Waals surface area contributed by atoms with Crippen molar-refractivity contribution in [2.24, 2.45) is 0 Å². The lowest BCUT2D eigenvalue weighted by Crippen LogP contribution is -2.55. The van der Waals surface area contributed by atoms with Gasteiger partial charge in [0, 0.05) is 25.7 Å². The highest BCUT2D eigenvalue weighted by atomic mass is 35.5. The van der Waals surface area contributed by atoms with Crippen LogP contribution in [-0.2, 0) is 13.3 Å². The SMILES string of the molecule is CCO[Si](OCC)(OCC)C(CC)SCCCCCCCl. The minimum absolute atomic E-state index is 0.338. The highest BCUT2D eigenvalue weighted by Gasteiger charge is 2.48. The Balaban J connectivity index is 4.43. The maximum Gasteiger partial charge on any atom is 0.514 e. The molecule has 6 heteroatoms. The van der Waals surface area contributed by atoms with Crippen LogP contribution in [0.15, 0.2) is 0 Å². The second kappa shape index (κ2) is 14.3. The van der Waals surface area contributed by atoms with Gasteiger partial charge in [-0.1, -0.05) is 19.8 Å². The molecule has 1 unspecified atom stereocenters. The van der Waals surface area contributed by atoms with Crippen LogP contribution in [0, 0.1) is 0 Å². The Hall–Kier alpha value is 0.737. The predicted octanol–water partition coefficient (Wildman–Crippen LogP) is 4.89. The van der Waals surface area contributed by atoms with E-state index in [0.29, 0.717) is 24.7 Å². The summed E-state index contributed by atoms with van der Waals surface area (Å²) in [6.45, 7) is 10.2. The van der Waals surface area contributed by atoms with E-state index in [1.807, 2.05) is 32.5 Å². The van der Waals surface area contributed by atoms with Crippen molar-refractivity contribution in [3.63, 3.8) is 0 Å². The van der Waals surface area contributed by atoms with Crippen molar-refractivity contribution in [3.05, 3.63) is 0 Å². The van der Waals surface area contributed by atoms with Crippen LogP contribution >= 0.6 is 23.4 Å². The Morgan fingerprint density at radius 2 is 1.38 bits per heavy atom. The van der Waals surface area contributed by atoms with Crippen molar-refractivity contribution in [2.45, 2.75) is 64.7 Å². The first-order valence-corrected chi connectivity index (χ1v) is 11.7. The lowest BCUT2D eigenvalue weighted by atomic mass is 10.2. The van der Waals surface area contributed by atoms with Crippen molar-refractivity contribution in [1.29, 1.82) is 0 Å². The van der Waals surface area contributed by atoms with Gasteiger partial charge >= 0.3 is 8.80 Å². The summed E-state index contributed by atoms with van der Waals surface area (Å²) in [5.74, 6) is 1.92. The van der Waals surface area contributed by atoms with Gasteiger partial charge < -0.3 is 13.3 Å². The standard InChI is InChI=1S/C15H33ClO3SSi/c1-5-15(20-14-12-10-9-11-13-16)21(17-6-2,18-7-3)19-8-4/h15H,5-14H2,1-4H3. The molecule has 0 rings (SSSR count). The van der Waals surface area contributed by atoms with E-state index in [-0.39, 0.29) is 0 Å². The van der Waals surface area contributed by atoms with Gasteiger partial charge in [0.1, 0.15) is 0 Å². The van der Waals surface area contributed by atoms with Gasteiger partial charge in [-0.2, -0.15) is 11.8 Å². The maximum atomic E-state index is 6.02. The van der Waals surface area contributed by atoms with Gasteiger partial charge in [-0.3, -0.25) is 0 Å². The van der Waals surface area contributed by atoms with Crippen molar-refractivity contribution >= 4 is 32.2 Å². The fourth-order valence-electron chi connectivity index (χ4n) is 2.25. The molecule has 0 saturated heterocycles. The maximum absolute atomic E-state index is 6.02. The van der Waals surface area contributed by atoms with E-state index in [1.54, 1.807) is 0 Å². The summed E-state index contributed by atoms with van der Waals surface area (Å²) < 4.78 is 18.0. The van der Waals surface area contributed by atoms with Gasteiger partial charge in [0.15, 0.2) is 0 Å². The molecule has 0 saturated carbocycles. The predicted molar refractivity (Wildman–Crippen MR) is 96.4 cm³/mol. The molecule has 0 aromatic rings. The molecule has 0 bridgehead atoms. The number of unbranched alkanes of at least 4 members (excludes halogenated alkanes) is 3. The number of thioether (sulfide) groups is 1. The molecule has 0 N–H and O–H groups in total. The van der Waals surface area contributed by atoms with Gasteiger partial charge in [-0.15, -0.1) is 11.6 Å². The van der Waals surface area contributed by atoms with Crippen molar-refractivity contribution in [2.75, 3.05) is 31.5 Å². The quantitative estimate of drug-likeness (QED) is 0.237. The second-order valence-electron chi connectivity index (χ2n) is 4.77. The molecule has 0 aromatic heterocycles. The average molecular weight is 357 g/mol. The molecule has 0 radical (unpaired) electrons. The summed E-state index contributed by atoms with van der Waals surface area (Å²) in [5.41, 5.74) is 0. The van der Waals surface area contributed by atoms with E-state index < -0.39 is 8.80 Å². The monoisotopic (exact) mass is 356 g/mol. The molecule has 21 heavy (non-hydrogen) atoms. The first-order valence-electron chi connectivity index (χ1n) is 8.30. The summed E-state index contributed by atoms with van der Waals surface area (Å²) in [6, 6.07) is 0. The lowest BCUT2D eigenvalue weighted by molar-refractivity contribution is 0.0692. The third-order valence-corrected chi connectivity index (χ3v) is 9.31. The van der Waals surface area contributed by atoms with E-state index >= 15 is 0 Å². The molecule has 0 aromatic carbocycles. The Kier molecular flexibility index (Phi) is 14.8. The molecule has 128 valence electrons. The molecule has 1 atom stereocenters. The largest absolute Gasteiger partial charge is 0.514 e. The third kappa shape index (κ3) is 8.82. The molecule has 0 fully saturated rings. The van der Waals surface area contributed by atoms with Crippen LogP contribution in [0.25, 0.3) is 0 Å². The molecular formula is C15H33ClO3SSi. The Labute approximate surface area is 141 Å². The first-order chi connectivity index (χ1) is 10.2. The summed E-state index contributed by atoms with van der Waals surface area (Å²) in [6.07, 6.45) is 5.86. The highest BCUT2D eigenvalue weighted by molar-refractivity contribution is 8.01. The summed E-state index contributed by atoms with van der Waals surface area (Å²) >= 11 is 7.66. The van der Waals surface area contributed by atoms with Crippen LogP contribution < -0.4 is 0 Å². The number of rotatable bonds is 15. The Bertz CT molecular complexity index is 218. The van der Waals surface area contributed by atoms with Crippen LogP contribution in [0.2, 0.25) is 0 Å². The van der Waals surface area contributed by atoms with Gasteiger partial charge in [0.05, 0.1) is 4.87 Å². The molecule has 0 aliphatic carbocycles. The minimum Gasteiger partial charge on any atom is -0.373 e. The van der Waals surface area contributed by atoms with Crippen LogP contribution in [0.1, 0.15) is 59.8 Å². The zero-order chi connectivity index (χ0) is 16.0. The van der Waals surface area contributed by atoms with Crippen LogP contribution in [0.4, 0.5) is 0 Å². The van der Waals surface area contributed by atoms with Gasteiger partial charge in [0.25, 0.3) is 0 Å². The van der Waals surface area contributed by atoms with Crippen molar-refractivity contribution in [3.8, 4) is 0 Å². The van der Waals surface area contributed by atoms with Gasteiger partial charge in [-0.25, -0.2) is 0 Å². The molecule has 0 aliphatic heterocycles. The molecule has 0 heterocycles. The molecular weight excluding hydrogens is 324 g/mol. The smallest absolute Gasteiger partial charge is 0.373 e. The summed E-state index contributed by atoms with van der Waals surface area (Å²) in [5, 5.41) is 0. The topological polar surface area (TPSA) is 27.7 Å². The Morgan fingerprint density at radius 1 is 0.857 bits per heavy atom. The zero-order valence-corrected chi connectivity index (χ0v) is 16.7. The number of halogens is 1. The first kappa shape index (κ1) is 21.7. The fraction of sp³-hybridized carbons (Fsp3) is 1.00. The molecule has 0 spiro atoms. The van der Waals surface area contributed by atoms with E-state index in [1.165, 1.54) is 19.3 Å². The Morgan fingerprint density at radius 3 is 1.81 bits per heavy atom. The van der Waals surface area contributed by atoms with Crippen LogP contribution in [0.3, 0.4) is 0 Å². The minimum atomic E-state index is -2.56. The fourth-order valence-corrected chi connectivity index (χ4v) is 7.63. The van der Waals surface area contributed by atoms with E-state index in [4.69, 9.17) is 24.9 Å². The van der Waals surface area contributed by atoms with E-state index in [2.05, 4.69) is 6.92 Å². The zero-order valence-electron chi connectivity index (χ0n) is 14.2. The summed E-state index contributed by atoms with van der Waals surface area (Å²) in [4.78, 5) is 0.338. The summed E-state index contributed by atoms with van der Waals surface area (Å²) in [7, 11) is -2.56. The second-order valence-corrected chi connectivity index (χ2v) is 9.65. The van der Waals surface area contributed by atoms with Crippen molar-refractivity contribution in [1.82, 2.24) is 0 Å².